The normalized spacial score (nSPS) is 29.1. The number of rotatable bonds is 2. The number of carboxylic acid groups (broad SMARTS) is 1. The molecular formula is C9H11N3O2S. The van der Waals surface area contributed by atoms with Crippen LogP contribution in [0.4, 0.5) is 0 Å². The summed E-state index contributed by atoms with van der Waals surface area (Å²) in [5.74, 6) is -0.743. The third kappa shape index (κ3) is 1.36. The van der Waals surface area contributed by atoms with Crippen LogP contribution in [0.5, 0.6) is 0 Å². The molecule has 0 aromatic carbocycles. The Labute approximate surface area is 90.9 Å². The van der Waals surface area contributed by atoms with Gasteiger partial charge in [0.1, 0.15) is 0 Å². The van der Waals surface area contributed by atoms with Crippen LogP contribution in [0.2, 0.25) is 0 Å². The lowest BCUT2D eigenvalue weighted by atomic mass is 10.1. The highest BCUT2D eigenvalue weighted by atomic mass is 32.1. The molecule has 1 N–H and O–H groups in total. The molecule has 5 nitrogen and oxygen atoms in total. The maximum Gasteiger partial charge on any atom is 0.317 e. The molecule has 0 aliphatic carbocycles. The summed E-state index contributed by atoms with van der Waals surface area (Å²) in [5, 5.41) is 13.0. The first-order valence-electron chi connectivity index (χ1n) is 5.04. The molecule has 0 amide bonds. The van der Waals surface area contributed by atoms with E-state index in [4.69, 9.17) is 5.11 Å². The first-order chi connectivity index (χ1) is 7.25. The number of carboxylic acids is 1. The number of carbonyl (C=O) groups is 1. The van der Waals surface area contributed by atoms with Crippen molar-refractivity contribution in [2.45, 2.75) is 31.3 Å². The van der Waals surface area contributed by atoms with Crippen LogP contribution in [0.15, 0.2) is 0 Å². The topological polar surface area (TPSA) is 66.3 Å². The average molecular weight is 225 g/mol. The van der Waals surface area contributed by atoms with E-state index in [1.165, 1.54) is 16.4 Å². The van der Waals surface area contributed by atoms with Crippen LogP contribution in [0.1, 0.15) is 29.5 Å². The van der Waals surface area contributed by atoms with E-state index >= 15 is 0 Å². The Bertz CT molecular complexity index is 406. The molecule has 15 heavy (non-hydrogen) atoms. The van der Waals surface area contributed by atoms with Crippen LogP contribution < -0.4 is 0 Å². The summed E-state index contributed by atoms with van der Waals surface area (Å²) in [6.45, 7) is 0.146. The van der Waals surface area contributed by atoms with E-state index in [0.717, 1.165) is 25.0 Å². The maximum atomic E-state index is 10.8. The fourth-order valence-corrected chi connectivity index (χ4v) is 3.50. The van der Waals surface area contributed by atoms with Gasteiger partial charge in [-0.2, -0.15) is 0 Å². The summed E-state index contributed by atoms with van der Waals surface area (Å²) >= 11 is 1.42. The van der Waals surface area contributed by atoms with Gasteiger partial charge >= 0.3 is 5.97 Å². The van der Waals surface area contributed by atoms with Crippen molar-refractivity contribution in [3.8, 4) is 0 Å². The Balaban J connectivity index is 1.93. The highest BCUT2D eigenvalue weighted by molar-refractivity contribution is 7.05. The predicted molar refractivity (Wildman–Crippen MR) is 53.7 cm³/mol. The number of fused-ring (bicyclic) bond motifs is 4. The smallest absolute Gasteiger partial charge is 0.317 e. The van der Waals surface area contributed by atoms with Gasteiger partial charge < -0.3 is 5.11 Å². The van der Waals surface area contributed by atoms with Gasteiger partial charge in [0.15, 0.2) is 0 Å². The van der Waals surface area contributed by atoms with Crippen LogP contribution in [-0.4, -0.2) is 38.1 Å². The molecule has 1 aromatic rings. The van der Waals surface area contributed by atoms with Crippen LogP contribution in [0.3, 0.4) is 0 Å². The van der Waals surface area contributed by atoms with Gasteiger partial charge in [0.2, 0.25) is 0 Å². The van der Waals surface area contributed by atoms with Crippen molar-refractivity contribution < 1.29 is 9.90 Å². The second-order valence-electron chi connectivity index (χ2n) is 4.10. The molecule has 80 valence electrons. The van der Waals surface area contributed by atoms with Crippen molar-refractivity contribution in [2.75, 3.05) is 6.54 Å². The fraction of sp³-hybridized carbons (Fsp3) is 0.667. The SMILES string of the molecule is O=C(O)CN1[C@H]2CC[C@H]1c1snnc1C2. The Kier molecular flexibility index (Phi) is 2.00. The lowest BCUT2D eigenvalue weighted by Crippen LogP contribution is -2.40. The van der Waals surface area contributed by atoms with Gasteiger partial charge in [0, 0.05) is 18.5 Å². The van der Waals surface area contributed by atoms with Crippen LogP contribution >= 0.6 is 11.5 Å². The minimum Gasteiger partial charge on any atom is -0.480 e. The number of aliphatic carboxylic acids is 1. The Morgan fingerprint density at radius 2 is 2.47 bits per heavy atom. The molecule has 3 rings (SSSR count). The van der Waals surface area contributed by atoms with Gasteiger partial charge in [0.05, 0.1) is 17.1 Å². The van der Waals surface area contributed by atoms with E-state index < -0.39 is 5.97 Å². The number of hydrogen-bond donors (Lipinski definition) is 1. The monoisotopic (exact) mass is 225 g/mol. The number of nitrogens with zero attached hydrogens (tertiary/aromatic N) is 3. The zero-order chi connectivity index (χ0) is 10.4. The molecule has 1 aromatic heterocycles. The lowest BCUT2D eigenvalue weighted by molar-refractivity contribution is -0.139. The van der Waals surface area contributed by atoms with Crippen molar-refractivity contribution in [3.05, 3.63) is 10.6 Å². The summed E-state index contributed by atoms with van der Waals surface area (Å²) in [5.41, 5.74) is 1.09. The van der Waals surface area contributed by atoms with Crippen molar-refractivity contribution >= 4 is 17.5 Å². The minimum absolute atomic E-state index is 0.146. The molecule has 3 heterocycles. The second kappa shape index (κ2) is 3.24. The van der Waals surface area contributed by atoms with Gasteiger partial charge in [-0.05, 0) is 24.4 Å². The Hall–Kier alpha value is -1.01. The molecule has 0 spiro atoms. The van der Waals surface area contributed by atoms with E-state index in [1.807, 2.05) is 0 Å². The quantitative estimate of drug-likeness (QED) is 0.802. The third-order valence-corrected chi connectivity index (χ3v) is 4.14. The zero-order valence-corrected chi connectivity index (χ0v) is 8.90. The molecule has 2 aliphatic rings. The summed E-state index contributed by atoms with van der Waals surface area (Å²) in [6, 6.07) is 0.623. The van der Waals surface area contributed by atoms with Crippen molar-refractivity contribution in [3.63, 3.8) is 0 Å². The summed E-state index contributed by atoms with van der Waals surface area (Å²) in [7, 11) is 0. The first kappa shape index (κ1) is 9.23. The first-order valence-corrected chi connectivity index (χ1v) is 5.81. The van der Waals surface area contributed by atoms with Gasteiger partial charge in [-0.25, -0.2) is 0 Å². The van der Waals surface area contributed by atoms with Gasteiger partial charge in [-0.1, -0.05) is 4.49 Å². The summed E-state index contributed by atoms with van der Waals surface area (Å²) in [6.07, 6.45) is 3.01. The summed E-state index contributed by atoms with van der Waals surface area (Å²) in [4.78, 5) is 14.0. The molecule has 2 aliphatic heterocycles. The van der Waals surface area contributed by atoms with Gasteiger partial charge in [-0.3, -0.25) is 9.69 Å². The molecule has 2 bridgehead atoms. The molecule has 2 atom stereocenters. The molecule has 0 radical (unpaired) electrons. The molecule has 0 saturated carbocycles. The number of aromatic nitrogens is 2. The van der Waals surface area contributed by atoms with E-state index in [9.17, 15) is 4.79 Å². The van der Waals surface area contributed by atoms with E-state index in [0.29, 0.717) is 6.04 Å². The van der Waals surface area contributed by atoms with E-state index in [1.54, 1.807) is 0 Å². The molecule has 0 unspecified atom stereocenters. The fourth-order valence-electron chi connectivity index (χ4n) is 2.67. The zero-order valence-electron chi connectivity index (χ0n) is 8.09. The molecule has 1 fully saturated rings. The van der Waals surface area contributed by atoms with Gasteiger partial charge in [-0.15, -0.1) is 5.10 Å². The van der Waals surface area contributed by atoms with E-state index in [2.05, 4.69) is 14.5 Å². The predicted octanol–water partition coefficient (Wildman–Crippen LogP) is 0.684. The highest BCUT2D eigenvalue weighted by Gasteiger charge is 2.42. The molecule has 1 saturated heterocycles. The third-order valence-electron chi connectivity index (χ3n) is 3.28. The molecular weight excluding hydrogens is 214 g/mol. The lowest BCUT2D eigenvalue weighted by Gasteiger charge is -2.31. The van der Waals surface area contributed by atoms with Crippen LogP contribution in [-0.2, 0) is 11.2 Å². The van der Waals surface area contributed by atoms with E-state index in [-0.39, 0.29) is 12.6 Å². The summed E-state index contributed by atoms with van der Waals surface area (Å²) < 4.78 is 3.95. The van der Waals surface area contributed by atoms with Crippen molar-refractivity contribution in [2.24, 2.45) is 0 Å². The van der Waals surface area contributed by atoms with Crippen LogP contribution in [0, 0.1) is 0 Å². The maximum absolute atomic E-state index is 10.8. The highest BCUT2D eigenvalue weighted by Crippen LogP contribution is 2.43. The molecule has 6 heteroatoms. The second-order valence-corrected chi connectivity index (χ2v) is 4.89. The number of hydrogen-bond acceptors (Lipinski definition) is 5. The Morgan fingerprint density at radius 3 is 3.27 bits per heavy atom. The Morgan fingerprint density at radius 1 is 1.60 bits per heavy atom. The van der Waals surface area contributed by atoms with Crippen molar-refractivity contribution in [1.82, 2.24) is 14.5 Å². The van der Waals surface area contributed by atoms with Crippen LogP contribution in [0.25, 0.3) is 0 Å². The average Bonchev–Trinajstić information content (AvgIpc) is 2.72. The largest absolute Gasteiger partial charge is 0.480 e. The van der Waals surface area contributed by atoms with Crippen molar-refractivity contribution in [1.29, 1.82) is 0 Å². The minimum atomic E-state index is -0.743. The van der Waals surface area contributed by atoms with Gasteiger partial charge in [0.25, 0.3) is 0 Å². The standard InChI is InChI=1S/C9H11N3O2S/c13-8(14)4-12-5-1-2-7(12)9-6(3-5)10-11-15-9/h5,7H,1-4H2,(H,13,14)/t5-,7-/m0/s1.